The highest BCUT2D eigenvalue weighted by atomic mass is 32.2. The van der Waals surface area contributed by atoms with Crippen LogP contribution in [0.2, 0.25) is 0 Å². The van der Waals surface area contributed by atoms with Crippen LogP contribution in [0.5, 0.6) is 5.75 Å². The highest BCUT2D eigenvalue weighted by Gasteiger charge is 2.36. The van der Waals surface area contributed by atoms with E-state index in [1.807, 2.05) is 6.07 Å². The van der Waals surface area contributed by atoms with Crippen molar-refractivity contribution in [3.05, 3.63) is 59.2 Å². The minimum atomic E-state index is -0.332. The quantitative estimate of drug-likeness (QED) is 0.149. The summed E-state index contributed by atoms with van der Waals surface area (Å²) in [6, 6.07) is 12.4. The number of carbonyl (C=O) groups is 2. The molecule has 184 valence electrons. The molecular weight excluding hydrogens is 442 g/mol. The molecule has 2 aromatic carbocycles. The Bertz CT molecular complexity index is 908. The molecule has 5 heteroatoms. The molecule has 0 aromatic heterocycles. The summed E-state index contributed by atoms with van der Waals surface area (Å²) in [6.45, 7) is 2.27. The van der Waals surface area contributed by atoms with Crippen LogP contribution < -0.4 is 0 Å². The molecule has 0 spiro atoms. The number of hydrogen-bond donors (Lipinski definition) is 1. The molecule has 0 bridgehead atoms. The minimum absolute atomic E-state index is 0.119. The average Bonchev–Trinajstić information content (AvgIpc) is 3.08. The van der Waals surface area contributed by atoms with Crippen LogP contribution in [0.15, 0.2) is 47.4 Å². The molecule has 4 nitrogen and oxygen atoms in total. The van der Waals surface area contributed by atoms with E-state index in [9.17, 15) is 14.7 Å². The summed E-state index contributed by atoms with van der Waals surface area (Å²) < 4.78 is 1.13. The molecule has 1 N–H and O–H groups in total. The van der Waals surface area contributed by atoms with Gasteiger partial charge in [0.2, 0.25) is 0 Å². The van der Waals surface area contributed by atoms with Crippen LogP contribution in [0, 0.1) is 0 Å². The molecule has 0 unspecified atom stereocenters. The maximum absolute atomic E-state index is 12.5. The first-order chi connectivity index (χ1) is 16.6. The second-order valence-electron chi connectivity index (χ2n) is 9.34. The molecule has 0 aliphatic carbocycles. The van der Waals surface area contributed by atoms with Gasteiger partial charge in [-0.25, -0.2) is 4.31 Å². The smallest absolute Gasteiger partial charge is 0.272 e. The van der Waals surface area contributed by atoms with Gasteiger partial charge in [-0.05, 0) is 42.7 Å². The zero-order valence-corrected chi connectivity index (χ0v) is 21.4. The standard InChI is InChI=1S/C29H39NO3S/c1-2-3-4-5-6-7-8-9-10-11-12-13-14-17-23-20-21-27(26(31)22-23)34-30-28(32)24-18-15-16-19-25(24)29(30)33/h15-16,18-22,31H,2-14,17H2,1H3. The fourth-order valence-electron chi connectivity index (χ4n) is 4.49. The molecule has 34 heavy (non-hydrogen) atoms. The van der Waals surface area contributed by atoms with E-state index in [1.165, 1.54) is 77.0 Å². The fraction of sp³-hybridized carbons (Fsp3) is 0.517. The summed E-state index contributed by atoms with van der Waals surface area (Å²) in [6.07, 6.45) is 18.3. The van der Waals surface area contributed by atoms with Gasteiger partial charge in [0.1, 0.15) is 5.75 Å². The Balaban J connectivity index is 1.30. The summed E-state index contributed by atoms with van der Waals surface area (Å²) in [5.74, 6) is -0.546. The van der Waals surface area contributed by atoms with Crippen LogP contribution in [0.25, 0.3) is 0 Å². The van der Waals surface area contributed by atoms with Crippen molar-refractivity contribution in [1.29, 1.82) is 0 Å². The second kappa shape index (κ2) is 14.2. The van der Waals surface area contributed by atoms with Gasteiger partial charge in [-0.1, -0.05) is 102 Å². The van der Waals surface area contributed by atoms with E-state index in [-0.39, 0.29) is 17.6 Å². The van der Waals surface area contributed by atoms with E-state index in [0.717, 1.165) is 34.7 Å². The molecule has 3 rings (SSSR count). The lowest BCUT2D eigenvalue weighted by Gasteiger charge is -2.14. The van der Waals surface area contributed by atoms with Crippen molar-refractivity contribution >= 4 is 23.8 Å². The van der Waals surface area contributed by atoms with Gasteiger partial charge in [-0.2, -0.15) is 0 Å². The molecule has 0 fully saturated rings. The zero-order valence-electron chi connectivity index (χ0n) is 20.6. The summed E-state index contributed by atoms with van der Waals surface area (Å²) in [7, 11) is 0. The number of rotatable bonds is 16. The number of phenolic OH excluding ortho intramolecular Hbond substituents is 1. The van der Waals surface area contributed by atoms with E-state index < -0.39 is 0 Å². The molecule has 0 atom stereocenters. The highest BCUT2D eigenvalue weighted by molar-refractivity contribution is 7.98. The van der Waals surface area contributed by atoms with Crippen molar-refractivity contribution < 1.29 is 14.7 Å². The number of imide groups is 1. The lowest BCUT2D eigenvalue weighted by Crippen LogP contribution is -2.21. The third kappa shape index (κ3) is 7.63. The van der Waals surface area contributed by atoms with E-state index in [2.05, 4.69) is 6.92 Å². The predicted molar refractivity (Wildman–Crippen MR) is 140 cm³/mol. The van der Waals surface area contributed by atoms with Crippen molar-refractivity contribution in [2.45, 2.75) is 102 Å². The lowest BCUT2D eigenvalue weighted by molar-refractivity contribution is 0.0777. The van der Waals surface area contributed by atoms with Crippen LogP contribution in [0.3, 0.4) is 0 Å². The number of hydrogen-bond acceptors (Lipinski definition) is 4. The number of amides is 2. The Morgan fingerprint density at radius 1 is 0.706 bits per heavy atom. The molecule has 2 amide bonds. The first-order valence-electron chi connectivity index (χ1n) is 13.1. The minimum Gasteiger partial charge on any atom is -0.507 e. The van der Waals surface area contributed by atoms with Crippen LogP contribution >= 0.6 is 11.9 Å². The molecule has 1 aliphatic rings. The van der Waals surface area contributed by atoms with Gasteiger partial charge in [0.15, 0.2) is 0 Å². The maximum Gasteiger partial charge on any atom is 0.272 e. The molecule has 2 aromatic rings. The molecule has 0 radical (unpaired) electrons. The Morgan fingerprint density at radius 3 is 1.71 bits per heavy atom. The summed E-state index contributed by atoms with van der Waals surface area (Å²) in [4.78, 5) is 25.6. The fourth-order valence-corrected chi connectivity index (χ4v) is 5.33. The lowest BCUT2D eigenvalue weighted by atomic mass is 10.0. The van der Waals surface area contributed by atoms with Crippen LogP contribution in [-0.2, 0) is 6.42 Å². The van der Waals surface area contributed by atoms with Gasteiger partial charge < -0.3 is 5.11 Å². The average molecular weight is 482 g/mol. The number of aryl methyl sites for hydroxylation is 1. The van der Waals surface area contributed by atoms with E-state index >= 15 is 0 Å². The van der Waals surface area contributed by atoms with Gasteiger partial charge in [0.05, 0.1) is 16.0 Å². The number of phenols is 1. The molecule has 0 saturated heterocycles. The first kappa shape index (κ1) is 26.3. The summed E-state index contributed by atoms with van der Waals surface area (Å²) >= 11 is 0.991. The summed E-state index contributed by atoms with van der Waals surface area (Å²) in [5, 5.41) is 10.5. The van der Waals surface area contributed by atoms with Gasteiger partial charge in [0.25, 0.3) is 11.8 Å². The monoisotopic (exact) mass is 481 g/mol. The van der Waals surface area contributed by atoms with Crippen molar-refractivity contribution in [2.24, 2.45) is 0 Å². The van der Waals surface area contributed by atoms with Crippen molar-refractivity contribution in [2.75, 3.05) is 0 Å². The Morgan fingerprint density at radius 2 is 1.21 bits per heavy atom. The molecule has 1 aliphatic heterocycles. The van der Waals surface area contributed by atoms with Crippen LogP contribution in [0.1, 0.15) is 117 Å². The zero-order chi connectivity index (χ0) is 24.2. The maximum atomic E-state index is 12.5. The third-order valence-electron chi connectivity index (χ3n) is 6.54. The van der Waals surface area contributed by atoms with Crippen molar-refractivity contribution in [3.63, 3.8) is 0 Å². The van der Waals surface area contributed by atoms with E-state index in [0.29, 0.717) is 16.0 Å². The Kier molecular flexibility index (Phi) is 11.0. The highest BCUT2D eigenvalue weighted by Crippen LogP contribution is 2.37. The Labute approximate surface area is 209 Å². The molecule has 1 heterocycles. The number of nitrogens with zero attached hydrogens (tertiary/aromatic N) is 1. The number of unbranched alkanes of at least 4 members (excludes halogenated alkanes) is 12. The van der Waals surface area contributed by atoms with E-state index in [1.54, 1.807) is 36.4 Å². The van der Waals surface area contributed by atoms with Crippen LogP contribution in [0.4, 0.5) is 0 Å². The molecular formula is C29H39NO3S. The number of carbonyl (C=O) groups excluding carboxylic acids is 2. The SMILES string of the molecule is CCCCCCCCCCCCCCCc1ccc(SN2C(=O)c3ccccc3C2=O)c(O)c1. The largest absolute Gasteiger partial charge is 0.507 e. The van der Waals surface area contributed by atoms with Gasteiger partial charge in [-0.3, -0.25) is 9.59 Å². The number of fused-ring (bicyclic) bond motifs is 1. The molecule has 0 saturated carbocycles. The summed E-state index contributed by atoms with van der Waals surface area (Å²) in [5.41, 5.74) is 1.92. The van der Waals surface area contributed by atoms with Gasteiger partial charge in [0, 0.05) is 11.9 Å². The third-order valence-corrected chi connectivity index (χ3v) is 7.59. The Hall–Kier alpha value is -2.27. The van der Waals surface area contributed by atoms with Gasteiger partial charge in [-0.15, -0.1) is 0 Å². The second-order valence-corrected chi connectivity index (χ2v) is 10.3. The van der Waals surface area contributed by atoms with Crippen molar-refractivity contribution in [3.8, 4) is 5.75 Å². The number of aromatic hydroxyl groups is 1. The normalized spacial score (nSPS) is 13.0. The van der Waals surface area contributed by atoms with E-state index in [4.69, 9.17) is 0 Å². The van der Waals surface area contributed by atoms with Crippen LogP contribution in [-0.4, -0.2) is 21.2 Å². The van der Waals surface area contributed by atoms with Crippen molar-refractivity contribution in [1.82, 2.24) is 4.31 Å². The first-order valence-corrected chi connectivity index (χ1v) is 13.9. The predicted octanol–water partition coefficient (Wildman–Crippen LogP) is 8.33. The van der Waals surface area contributed by atoms with Gasteiger partial charge >= 0.3 is 0 Å². The topological polar surface area (TPSA) is 57.6 Å². The number of benzene rings is 2.